The van der Waals surface area contributed by atoms with Crippen LogP contribution in [0.4, 0.5) is 0 Å². The van der Waals surface area contributed by atoms with Crippen molar-refractivity contribution in [3.05, 3.63) is 35.4 Å². The third-order valence-corrected chi connectivity index (χ3v) is 4.31. The van der Waals surface area contributed by atoms with Crippen LogP contribution in [-0.4, -0.2) is 36.2 Å². The average molecular weight is 262 g/mol. The van der Waals surface area contributed by atoms with Gasteiger partial charge in [-0.2, -0.15) is 0 Å². The summed E-state index contributed by atoms with van der Waals surface area (Å²) in [5.74, 6) is 0.515. The summed E-state index contributed by atoms with van der Waals surface area (Å²) in [6.45, 7) is 5.74. The van der Waals surface area contributed by atoms with Gasteiger partial charge in [0.05, 0.1) is 0 Å². The standard InChI is InChI=1S/C16H26N2O/c1-13-4-2-3-5-15(13)16(17)8-11-18-9-6-14(12-19)7-10-18/h2-5,14,16,19H,6-12,17H2,1H3. The minimum absolute atomic E-state index is 0.136. The number of nitrogens with two attached hydrogens (primary N) is 1. The molecule has 3 heteroatoms. The Labute approximate surface area is 116 Å². The van der Waals surface area contributed by atoms with E-state index in [4.69, 9.17) is 10.8 Å². The topological polar surface area (TPSA) is 49.5 Å². The molecule has 1 heterocycles. The maximum atomic E-state index is 9.14. The summed E-state index contributed by atoms with van der Waals surface area (Å²) in [7, 11) is 0. The lowest BCUT2D eigenvalue weighted by molar-refractivity contribution is 0.129. The number of nitrogens with zero attached hydrogens (tertiary/aromatic N) is 1. The molecule has 1 aromatic carbocycles. The van der Waals surface area contributed by atoms with Crippen LogP contribution in [0.15, 0.2) is 24.3 Å². The molecule has 1 fully saturated rings. The van der Waals surface area contributed by atoms with E-state index < -0.39 is 0 Å². The monoisotopic (exact) mass is 262 g/mol. The van der Waals surface area contributed by atoms with Gasteiger partial charge in [-0.05, 0) is 62.9 Å². The minimum Gasteiger partial charge on any atom is -0.396 e. The van der Waals surface area contributed by atoms with E-state index in [-0.39, 0.29) is 6.04 Å². The number of aliphatic hydroxyl groups is 1. The highest BCUT2D eigenvalue weighted by atomic mass is 16.3. The van der Waals surface area contributed by atoms with Gasteiger partial charge in [-0.1, -0.05) is 24.3 Å². The molecule has 0 saturated carbocycles. The molecular formula is C16H26N2O. The molecule has 1 aromatic rings. The summed E-state index contributed by atoms with van der Waals surface area (Å²) in [4.78, 5) is 2.48. The molecule has 3 N–H and O–H groups in total. The maximum absolute atomic E-state index is 9.14. The Balaban J connectivity index is 1.78. The van der Waals surface area contributed by atoms with Crippen molar-refractivity contribution >= 4 is 0 Å². The Kier molecular flexibility index (Phi) is 5.37. The van der Waals surface area contributed by atoms with Crippen LogP contribution >= 0.6 is 0 Å². The van der Waals surface area contributed by atoms with Gasteiger partial charge in [-0.25, -0.2) is 0 Å². The number of benzene rings is 1. The third-order valence-electron chi connectivity index (χ3n) is 4.31. The molecule has 1 atom stereocenters. The van der Waals surface area contributed by atoms with Gasteiger partial charge < -0.3 is 15.7 Å². The molecule has 1 unspecified atom stereocenters. The van der Waals surface area contributed by atoms with Gasteiger partial charge in [0, 0.05) is 12.6 Å². The molecule has 2 rings (SSSR count). The fraction of sp³-hybridized carbons (Fsp3) is 0.625. The highest BCUT2D eigenvalue weighted by molar-refractivity contribution is 5.28. The molecule has 106 valence electrons. The Morgan fingerprint density at radius 3 is 2.63 bits per heavy atom. The van der Waals surface area contributed by atoms with Crippen LogP contribution < -0.4 is 5.73 Å². The summed E-state index contributed by atoms with van der Waals surface area (Å²) in [6, 6.07) is 8.52. The second-order valence-electron chi connectivity index (χ2n) is 5.72. The van der Waals surface area contributed by atoms with Gasteiger partial charge in [0.2, 0.25) is 0 Å². The lowest BCUT2D eigenvalue weighted by Gasteiger charge is -2.31. The minimum atomic E-state index is 0.136. The van der Waals surface area contributed by atoms with E-state index in [1.54, 1.807) is 0 Å². The predicted molar refractivity (Wildman–Crippen MR) is 79.0 cm³/mol. The van der Waals surface area contributed by atoms with Crippen LogP contribution in [0.5, 0.6) is 0 Å². The lowest BCUT2D eigenvalue weighted by Crippen LogP contribution is -2.36. The summed E-state index contributed by atoms with van der Waals surface area (Å²) in [5, 5.41) is 9.14. The van der Waals surface area contributed by atoms with Crippen molar-refractivity contribution in [2.24, 2.45) is 11.7 Å². The van der Waals surface area contributed by atoms with Crippen LogP contribution in [0.2, 0.25) is 0 Å². The van der Waals surface area contributed by atoms with Crippen LogP contribution in [0.1, 0.15) is 36.4 Å². The number of piperidine rings is 1. The Hall–Kier alpha value is -0.900. The van der Waals surface area contributed by atoms with Crippen molar-refractivity contribution < 1.29 is 5.11 Å². The molecule has 1 saturated heterocycles. The number of aryl methyl sites for hydroxylation is 1. The first-order chi connectivity index (χ1) is 9.20. The zero-order valence-corrected chi connectivity index (χ0v) is 11.9. The second kappa shape index (κ2) is 7.04. The number of rotatable bonds is 5. The van der Waals surface area contributed by atoms with E-state index in [2.05, 4.69) is 36.1 Å². The van der Waals surface area contributed by atoms with Gasteiger partial charge in [0.25, 0.3) is 0 Å². The summed E-state index contributed by atoms with van der Waals surface area (Å²) in [5.41, 5.74) is 8.86. The van der Waals surface area contributed by atoms with E-state index in [1.807, 2.05) is 0 Å². The molecule has 1 aliphatic heterocycles. The predicted octanol–water partition coefficient (Wildman–Crippen LogP) is 2.09. The molecule has 3 nitrogen and oxygen atoms in total. The molecule has 0 bridgehead atoms. The summed E-state index contributed by atoms with van der Waals surface area (Å²) in [6.07, 6.45) is 3.25. The summed E-state index contributed by atoms with van der Waals surface area (Å²) >= 11 is 0. The van der Waals surface area contributed by atoms with Crippen molar-refractivity contribution in [3.63, 3.8) is 0 Å². The second-order valence-corrected chi connectivity index (χ2v) is 5.72. The van der Waals surface area contributed by atoms with Gasteiger partial charge in [-0.3, -0.25) is 0 Å². The van der Waals surface area contributed by atoms with Gasteiger partial charge >= 0.3 is 0 Å². The van der Waals surface area contributed by atoms with E-state index >= 15 is 0 Å². The van der Waals surface area contributed by atoms with E-state index in [1.165, 1.54) is 11.1 Å². The number of aliphatic hydroxyl groups excluding tert-OH is 1. The van der Waals surface area contributed by atoms with Crippen LogP contribution in [-0.2, 0) is 0 Å². The van der Waals surface area contributed by atoms with Crippen LogP contribution in [0.3, 0.4) is 0 Å². The number of likely N-dealkylation sites (tertiary alicyclic amines) is 1. The van der Waals surface area contributed by atoms with Crippen LogP contribution in [0, 0.1) is 12.8 Å². The first kappa shape index (κ1) is 14.5. The summed E-state index contributed by atoms with van der Waals surface area (Å²) < 4.78 is 0. The highest BCUT2D eigenvalue weighted by Crippen LogP contribution is 2.21. The molecule has 0 aliphatic carbocycles. The number of hydrogen-bond acceptors (Lipinski definition) is 3. The fourth-order valence-electron chi connectivity index (χ4n) is 2.87. The largest absolute Gasteiger partial charge is 0.396 e. The SMILES string of the molecule is Cc1ccccc1C(N)CCN1CCC(CO)CC1. The molecular weight excluding hydrogens is 236 g/mol. The van der Waals surface area contributed by atoms with Gasteiger partial charge in [0.1, 0.15) is 0 Å². The Morgan fingerprint density at radius 2 is 2.00 bits per heavy atom. The smallest absolute Gasteiger partial charge is 0.0460 e. The zero-order chi connectivity index (χ0) is 13.7. The highest BCUT2D eigenvalue weighted by Gasteiger charge is 2.19. The van der Waals surface area contributed by atoms with Gasteiger partial charge in [0.15, 0.2) is 0 Å². The molecule has 0 amide bonds. The average Bonchev–Trinajstić information content (AvgIpc) is 2.46. The van der Waals surface area contributed by atoms with Crippen molar-refractivity contribution in [1.29, 1.82) is 0 Å². The van der Waals surface area contributed by atoms with Crippen molar-refractivity contribution in [2.45, 2.75) is 32.2 Å². The molecule has 0 spiro atoms. The van der Waals surface area contributed by atoms with Crippen molar-refractivity contribution in [3.8, 4) is 0 Å². The first-order valence-corrected chi connectivity index (χ1v) is 7.35. The first-order valence-electron chi connectivity index (χ1n) is 7.35. The van der Waals surface area contributed by atoms with E-state index in [0.717, 1.165) is 38.9 Å². The van der Waals surface area contributed by atoms with E-state index in [0.29, 0.717) is 12.5 Å². The molecule has 0 aromatic heterocycles. The quantitative estimate of drug-likeness (QED) is 0.854. The normalized spacial score (nSPS) is 19.5. The fourth-order valence-corrected chi connectivity index (χ4v) is 2.87. The van der Waals surface area contributed by atoms with Crippen LogP contribution in [0.25, 0.3) is 0 Å². The third kappa shape index (κ3) is 4.03. The number of hydrogen-bond donors (Lipinski definition) is 2. The van der Waals surface area contributed by atoms with Crippen molar-refractivity contribution in [2.75, 3.05) is 26.2 Å². The van der Waals surface area contributed by atoms with Crippen molar-refractivity contribution in [1.82, 2.24) is 4.90 Å². The molecule has 19 heavy (non-hydrogen) atoms. The molecule has 0 radical (unpaired) electrons. The zero-order valence-electron chi connectivity index (χ0n) is 11.9. The maximum Gasteiger partial charge on any atom is 0.0460 e. The molecule has 1 aliphatic rings. The van der Waals surface area contributed by atoms with E-state index in [9.17, 15) is 0 Å². The Bertz CT molecular complexity index is 386. The lowest BCUT2D eigenvalue weighted by atomic mass is 9.96. The Morgan fingerprint density at radius 1 is 1.32 bits per heavy atom. The van der Waals surface area contributed by atoms with Gasteiger partial charge in [-0.15, -0.1) is 0 Å².